The Morgan fingerprint density at radius 1 is 1.35 bits per heavy atom. The van der Waals surface area contributed by atoms with Gasteiger partial charge >= 0.3 is 12.1 Å². The molecule has 0 saturated heterocycles. The first-order valence-electron chi connectivity index (χ1n) is 7.33. The predicted molar refractivity (Wildman–Crippen MR) is 76.4 cm³/mol. The van der Waals surface area contributed by atoms with Gasteiger partial charge in [-0.3, -0.25) is 4.79 Å². The highest BCUT2D eigenvalue weighted by atomic mass is 19.4. The quantitative estimate of drug-likeness (QED) is 0.817. The summed E-state index contributed by atoms with van der Waals surface area (Å²) in [7, 11) is 1.24. The van der Waals surface area contributed by atoms with Crippen molar-refractivity contribution in [3.8, 4) is 0 Å². The first kappa shape index (κ1) is 17.3. The van der Waals surface area contributed by atoms with E-state index in [0.717, 1.165) is 25.0 Å². The Hall–Kier alpha value is -2.05. The second kappa shape index (κ2) is 7.02. The number of alkyl halides is 3. The summed E-state index contributed by atoms with van der Waals surface area (Å²) in [5.41, 5.74) is -0.558. The third-order valence-corrected chi connectivity index (χ3v) is 3.71. The molecule has 1 aliphatic carbocycles. The average Bonchev–Trinajstić information content (AvgIpc) is 3.29. The number of amides is 1. The minimum atomic E-state index is -4.45. The molecule has 0 aliphatic heterocycles. The number of esters is 1. The highest BCUT2D eigenvalue weighted by Gasteiger charge is 2.32. The fraction of sp³-hybridized carbons (Fsp3) is 0.500. The molecule has 0 bridgehead atoms. The van der Waals surface area contributed by atoms with Gasteiger partial charge in [0.1, 0.15) is 6.04 Å². The summed E-state index contributed by atoms with van der Waals surface area (Å²) >= 11 is 0. The molecule has 1 atom stereocenters. The van der Waals surface area contributed by atoms with E-state index in [0.29, 0.717) is 12.3 Å². The topological polar surface area (TPSA) is 55.4 Å². The van der Waals surface area contributed by atoms with Gasteiger partial charge in [-0.15, -0.1) is 0 Å². The van der Waals surface area contributed by atoms with Gasteiger partial charge in [0, 0.05) is 0 Å². The van der Waals surface area contributed by atoms with E-state index in [2.05, 4.69) is 10.1 Å². The van der Waals surface area contributed by atoms with Crippen LogP contribution < -0.4 is 5.32 Å². The van der Waals surface area contributed by atoms with E-state index in [-0.39, 0.29) is 12.0 Å². The maximum Gasteiger partial charge on any atom is 0.416 e. The van der Waals surface area contributed by atoms with E-state index in [4.69, 9.17) is 0 Å². The second-order valence-corrected chi connectivity index (χ2v) is 5.70. The van der Waals surface area contributed by atoms with Crippen LogP contribution in [-0.4, -0.2) is 25.0 Å². The lowest BCUT2D eigenvalue weighted by atomic mass is 10.1. The molecule has 2 rings (SSSR count). The lowest BCUT2D eigenvalue weighted by molar-refractivity contribution is -0.145. The molecule has 1 aromatic rings. The van der Waals surface area contributed by atoms with Crippen molar-refractivity contribution >= 4 is 11.9 Å². The lowest BCUT2D eigenvalue weighted by Gasteiger charge is -2.16. The number of carbonyl (C=O) groups excluding carboxylic acids is 2. The molecular weight excluding hydrogens is 311 g/mol. The molecule has 7 heteroatoms. The Kier molecular flexibility index (Phi) is 5.28. The Balaban J connectivity index is 1.98. The zero-order valence-corrected chi connectivity index (χ0v) is 12.7. The normalized spacial score (nSPS) is 15.8. The minimum absolute atomic E-state index is 0.220. The van der Waals surface area contributed by atoms with Crippen molar-refractivity contribution in [2.24, 2.45) is 5.92 Å². The molecule has 23 heavy (non-hydrogen) atoms. The van der Waals surface area contributed by atoms with Gasteiger partial charge in [0.15, 0.2) is 0 Å². The number of nitrogens with one attached hydrogen (secondary N) is 1. The summed E-state index contributed by atoms with van der Waals surface area (Å²) in [6.07, 6.45) is -2.15. The molecule has 1 fully saturated rings. The van der Waals surface area contributed by atoms with Gasteiger partial charge in [-0.2, -0.15) is 13.2 Å². The van der Waals surface area contributed by atoms with Crippen LogP contribution in [0.1, 0.15) is 30.4 Å². The van der Waals surface area contributed by atoms with E-state index >= 15 is 0 Å². The Bertz CT molecular complexity index is 582. The molecule has 4 nitrogen and oxygen atoms in total. The van der Waals surface area contributed by atoms with E-state index in [1.165, 1.54) is 19.2 Å². The maximum absolute atomic E-state index is 12.7. The van der Waals surface area contributed by atoms with Crippen molar-refractivity contribution in [3.05, 3.63) is 35.4 Å². The van der Waals surface area contributed by atoms with Crippen molar-refractivity contribution < 1.29 is 27.5 Å². The maximum atomic E-state index is 12.7. The van der Waals surface area contributed by atoms with Crippen LogP contribution in [0.25, 0.3) is 0 Å². The third kappa shape index (κ3) is 5.26. The van der Waals surface area contributed by atoms with Gasteiger partial charge in [-0.25, -0.2) is 4.79 Å². The van der Waals surface area contributed by atoms with Crippen molar-refractivity contribution in [2.75, 3.05) is 7.11 Å². The molecule has 1 aliphatic rings. The molecule has 0 aromatic heterocycles. The van der Waals surface area contributed by atoms with Gasteiger partial charge in [-0.1, -0.05) is 31.0 Å². The zero-order valence-electron chi connectivity index (χ0n) is 12.7. The van der Waals surface area contributed by atoms with Crippen LogP contribution in [0.2, 0.25) is 0 Å². The van der Waals surface area contributed by atoms with Crippen molar-refractivity contribution in [1.29, 1.82) is 0 Å². The average molecular weight is 329 g/mol. The fourth-order valence-corrected chi connectivity index (χ4v) is 2.33. The number of carbonyl (C=O) groups is 2. The number of hydrogen-bond acceptors (Lipinski definition) is 3. The van der Waals surface area contributed by atoms with Crippen LogP contribution >= 0.6 is 0 Å². The van der Waals surface area contributed by atoms with Gasteiger partial charge in [0.05, 0.1) is 19.1 Å². The summed E-state index contributed by atoms with van der Waals surface area (Å²) in [4.78, 5) is 23.7. The Morgan fingerprint density at radius 3 is 2.61 bits per heavy atom. The van der Waals surface area contributed by atoms with Gasteiger partial charge in [0.25, 0.3) is 0 Å². The SMILES string of the molecule is COC(=O)[C@H](CC1CC1)NC(=O)Cc1cccc(C(F)(F)F)c1. The number of rotatable bonds is 6. The first-order chi connectivity index (χ1) is 10.8. The lowest BCUT2D eigenvalue weighted by Crippen LogP contribution is -2.42. The Morgan fingerprint density at radius 2 is 2.04 bits per heavy atom. The molecule has 0 radical (unpaired) electrons. The molecular formula is C16H18F3NO3. The third-order valence-electron chi connectivity index (χ3n) is 3.71. The number of ether oxygens (including phenoxy) is 1. The molecule has 0 heterocycles. The summed E-state index contributed by atoms with van der Waals surface area (Å²) < 4.78 is 42.6. The van der Waals surface area contributed by atoms with Gasteiger partial charge in [-0.05, 0) is 24.0 Å². The summed E-state index contributed by atoms with van der Waals surface area (Å²) in [5, 5.41) is 2.55. The molecule has 0 unspecified atom stereocenters. The molecule has 1 aromatic carbocycles. The summed E-state index contributed by atoms with van der Waals surface area (Å²) in [6, 6.07) is 3.85. The fourth-order valence-electron chi connectivity index (χ4n) is 2.33. The standard InChI is InChI=1S/C16H18F3NO3/c1-23-15(22)13(8-10-5-6-10)20-14(21)9-11-3-2-4-12(7-11)16(17,18)19/h2-4,7,10,13H,5-6,8-9H2,1H3,(H,20,21)/t13-/m0/s1. The van der Waals surface area contributed by atoms with Crippen molar-refractivity contribution in [1.82, 2.24) is 5.32 Å². The van der Waals surface area contributed by atoms with Crippen LogP contribution in [0.15, 0.2) is 24.3 Å². The number of methoxy groups -OCH3 is 1. The highest BCUT2D eigenvalue weighted by molar-refractivity contribution is 5.85. The first-order valence-corrected chi connectivity index (χ1v) is 7.33. The monoisotopic (exact) mass is 329 g/mol. The van der Waals surface area contributed by atoms with Crippen molar-refractivity contribution in [2.45, 2.75) is 37.9 Å². The van der Waals surface area contributed by atoms with E-state index in [1.54, 1.807) is 0 Å². The van der Waals surface area contributed by atoms with Crippen LogP contribution in [0.4, 0.5) is 13.2 Å². The van der Waals surface area contributed by atoms with Gasteiger partial charge in [0.2, 0.25) is 5.91 Å². The molecule has 1 amide bonds. The minimum Gasteiger partial charge on any atom is -0.467 e. The smallest absolute Gasteiger partial charge is 0.416 e. The van der Waals surface area contributed by atoms with E-state index in [1.807, 2.05) is 0 Å². The second-order valence-electron chi connectivity index (χ2n) is 5.70. The van der Waals surface area contributed by atoms with Crippen LogP contribution in [0, 0.1) is 5.92 Å². The van der Waals surface area contributed by atoms with Crippen LogP contribution in [-0.2, 0) is 26.9 Å². The largest absolute Gasteiger partial charge is 0.467 e. The molecule has 1 N–H and O–H groups in total. The summed E-state index contributed by atoms with van der Waals surface area (Å²) in [5.74, 6) is -0.636. The van der Waals surface area contributed by atoms with E-state index in [9.17, 15) is 22.8 Å². The summed E-state index contributed by atoms with van der Waals surface area (Å²) in [6.45, 7) is 0. The number of halogens is 3. The number of hydrogen-bond donors (Lipinski definition) is 1. The number of benzene rings is 1. The Labute approximate surface area is 132 Å². The molecule has 1 saturated carbocycles. The predicted octanol–water partition coefficient (Wildman–Crippen LogP) is 2.71. The van der Waals surface area contributed by atoms with Crippen LogP contribution in [0.3, 0.4) is 0 Å². The highest BCUT2D eigenvalue weighted by Crippen LogP contribution is 2.33. The molecule has 0 spiro atoms. The molecule has 126 valence electrons. The van der Waals surface area contributed by atoms with Crippen molar-refractivity contribution in [3.63, 3.8) is 0 Å². The van der Waals surface area contributed by atoms with Crippen LogP contribution in [0.5, 0.6) is 0 Å². The zero-order chi connectivity index (χ0) is 17.0. The van der Waals surface area contributed by atoms with E-state index < -0.39 is 29.7 Å². The van der Waals surface area contributed by atoms with Gasteiger partial charge < -0.3 is 10.1 Å².